The molecule has 3 aromatic carbocycles. The Morgan fingerprint density at radius 1 is 1.05 bits per heavy atom. The fourth-order valence-corrected chi connectivity index (χ4v) is 4.10. The van der Waals surface area contributed by atoms with Gasteiger partial charge in [-0.25, -0.2) is 18.9 Å². The largest absolute Gasteiger partial charge is 0.497 e. The molecule has 1 fully saturated rings. The first kappa shape index (κ1) is 26.3. The van der Waals surface area contributed by atoms with Crippen molar-refractivity contribution in [1.29, 1.82) is 0 Å². The molecule has 0 unspecified atom stereocenters. The summed E-state index contributed by atoms with van der Waals surface area (Å²) in [6, 6.07) is 16.4. The number of amides is 4. The maximum absolute atomic E-state index is 13.5. The average molecular weight is 520 g/mol. The number of urea groups is 1. The molecule has 1 heterocycles. The standard InChI is InChI=1S/C28H26FN3O6/c1-3-38-27(35)19-9-13-22(14-10-19)32-25(33)16-24(26(32)34)31(17-18-7-11-20(29)12-8-18)28(36)30-21-5-4-6-23(15-21)37-2/h4-15,24H,3,16-17H2,1-2H3,(H,30,36)/t24-/m1/s1. The molecule has 9 nitrogen and oxygen atoms in total. The molecule has 196 valence electrons. The highest BCUT2D eigenvalue weighted by atomic mass is 19.1. The number of nitrogens with zero attached hydrogens (tertiary/aromatic N) is 2. The van der Waals surface area contributed by atoms with Crippen molar-refractivity contribution in [2.45, 2.75) is 25.9 Å². The molecule has 3 aromatic rings. The number of rotatable bonds is 8. The van der Waals surface area contributed by atoms with Gasteiger partial charge in [0.2, 0.25) is 5.91 Å². The zero-order chi connectivity index (χ0) is 27.2. The Morgan fingerprint density at radius 3 is 2.42 bits per heavy atom. The first-order valence-corrected chi connectivity index (χ1v) is 11.9. The Balaban J connectivity index is 1.60. The van der Waals surface area contributed by atoms with Crippen molar-refractivity contribution in [1.82, 2.24) is 4.90 Å². The Kier molecular flexibility index (Phi) is 8.00. The van der Waals surface area contributed by atoms with Gasteiger partial charge in [-0.3, -0.25) is 9.59 Å². The zero-order valence-electron chi connectivity index (χ0n) is 20.8. The molecule has 0 aromatic heterocycles. The van der Waals surface area contributed by atoms with E-state index in [2.05, 4.69) is 5.32 Å². The van der Waals surface area contributed by atoms with E-state index >= 15 is 0 Å². The number of carbonyl (C=O) groups excluding carboxylic acids is 4. The Hall–Kier alpha value is -4.73. The van der Waals surface area contributed by atoms with Gasteiger partial charge in [-0.05, 0) is 61.0 Å². The second-order valence-electron chi connectivity index (χ2n) is 8.47. The number of methoxy groups -OCH3 is 1. The second-order valence-corrected chi connectivity index (χ2v) is 8.47. The van der Waals surface area contributed by atoms with Crippen molar-refractivity contribution in [2.24, 2.45) is 0 Å². The van der Waals surface area contributed by atoms with Crippen molar-refractivity contribution >= 4 is 35.2 Å². The molecule has 1 saturated heterocycles. The lowest BCUT2D eigenvalue weighted by molar-refractivity contribution is -0.122. The molecule has 1 aliphatic heterocycles. The molecular weight excluding hydrogens is 493 g/mol. The number of ether oxygens (including phenoxy) is 2. The Morgan fingerprint density at radius 2 is 1.76 bits per heavy atom. The summed E-state index contributed by atoms with van der Waals surface area (Å²) in [5, 5.41) is 2.75. The Labute approximate surface area is 218 Å². The van der Waals surface area contributed by atoms with E-state index in [0.29, 0.717) is 17.0 Å². The number of carbonyl (C=O) groups is 4. The smallest absolute Gasteiger partial charge is 0.338 e. The summed E-state index contributed by atoms with van der Waals surface area (Å²) < 4.78 is 23.6. The van der Waals surface area contributed by atoms with Gasteiger partial charge < -0.3 is 19.7 Å². The van der Waals surface area contributed by atoms with Crippen molar-refractivity contribution in [2.75, 3.05) is 23.9 Å². The van der Waals surface area contributed by atoms with Crippen molar-refractivity contribution in [3.05, 3.63) is 89.7 Å². The van der Waals surface area contributed by atoms with E-state index in [-0.39, 0.29) is 30.8 Å². The quantitative estimate of drug-likeness (QED) is 0.350. The maximum Gasteiger partial charge on any atom is 0.338 e. The molecule has 0 spiro atoms. The van der Waals surface area contributed by atoms with E-state index in [4.69, 9.17) is 9.47 Å². The molecule has 4 rings (SSSR count). The van der Waals surface area contributed by atoms with Crippen LogP contribution in [0.1, 0.15) is 29.3 Å². The number of hydrogen-bond donors (Lipinski definition) is 1. The number of halogens is 1. The summed E-state index contributed by atoms with van der Waals surface area (Å²) in [5.41, 5.74) is 1.55. The summed E-state index contributed by atoms with van der Waals surface area (Å²) >= 11 is 0. The molecule has 0 radical (unpaired) electrons. The number of anilines is 2. The molecule has 0 saturated carbocycles. The third-order valence-electron chi connectivity index (χ3n) is 5.98. The molecule has 4 amide bonds. The predicted molar refractivity (Wildman–Crippen MR) is 137 cm³/mol. The number of nitrogens with one attached hydrogen (secondary N) is 1. The van der Waals surface area contributed by atoms with E-state index in [0.717, 1.165) is 4.90 Å². The normalized spacial score (nSPS) is 14.8. The number of esters is 1. The number of hydrogen-bond acceptors (Lipinski definition) is 6. The summed E-state index contributed by atoms with van der Waals surface area (Å²) in [7, 11) is 1.50. The van der Waals surface area contributed by atoms with Crippen LogP contribution in [0.2, 0.25) is 0 Å². The maximum atomic E-state index is 13.5. The highest BCUT2D eigenvalue weighted by molar-refractivity contribution is 6.23. The minimum atomic E-state index is -1.11. The van der Waals surface area contributed by atoms with Crippen molar-refractivity contribution in [3.8, 4) is 5.75 Å². The van der Waals surface area contributed by atoms with E-state index < -0.39 is 35.7 Å². The fourth-order valence-electron chi connectivity index (χ4n) is 4.10. The van der Waals surface area contributed by atoms with E-state index in [9.17, 15) is 23.6 Å². The lowest BCUT2D eigenvalue weighted by atomic mass is 10.1. The average Bonchev–Trinajstić information content (AvgIpc) is 3.21. The molecule has 10 heteroatoms. The van der Waals surface area contributed by atoms with Crippen molar-refractivity contribution < 1.29 is 33.0 Å². The van der Waals surface area contributed by atoms with Gasteiger partial charge in [0.1, 0.15) is 17.6 Å². The van der Waals surface area contributed by atoms with Crippen LogP contribution in [0.4, 0.5) is 20.6 Å². The number of imide groups is 1. The van der Waals surface area contributed by atoms with Crippen LogP contribution in [0.5, 0.6) is 5.75 Å². The van der Waals surface area contributed by atoms with Crippen LogP contribution in [0.3, 0.4) is 0 Å². The molecule has 1 aliphatic rings. The fraction of sp³-hybridized carbons (Fsp3) is 0.214. The Bertz CT molecular complexity index is 1340. The van der Waals surface area contributed by atoms with Gasteiger partial charge in [0.05, 0.1) is 31.4 Å². The monoisotopic (exact) mass is 519 g/mol. The van der Waals surface area contributed by atoms with Gasteiger partial charge in [0.15, 0.2) is 0 Å². The van der Waals surface area contributed by atoms with Crippen molar-refractivity contribution in [3.63, 3.8) is 0 Å². The van der Waals surface area contributed by atoms with Gasteiger partial charge in [0.25, 0.3) is 5.91 Å². The first-order valence-electron chi connectivity index (χ1n) is 11.9. The van der Waals surface area contributed by atoms with Crippen LogP contribution in [-0.4, -0.2) is 48.5 Å². The second kappa shape index (κ2) is 11.5. The minimum absolute atomic E-state index is 0.0462. The topological polar surface area (TPSA) is 105 Å². The van der Waals surface area contributed by atoms with Crippen LogP contribution in [0.25, 0.3) is 0 Å². The minimum Gasteiger partial charge on any atom is -0.497 e. The summed E-state index contributed by atoms with van der Waals surface area (Å²) in [4.78, 5) is 54.1. The molecule has 0 aliphatic carbocycles. The summed E-state index contributed by atoms with van der Waals surface area (Å²) in [5.74, 6) is -1.53. The van der Waals surface area contributed by atoms with Gasteiger partial charge >= 0.3 is 12.0 Å². The molecule has 1 N–H and O–H groups in total. The van der Waals surface area contributed by atoms with Crippen LogP contribution < -0.4 is 15.0 Å². The highest BCUT2D eigenvalue weighted by Crippen LogP contribution is 2.28. The molecule has 1 atom stereocenters. The van der Waals surface area contributed by atoms with Crippen LogP contribution in [0.15, 0.2) is 72.8 Å². The third-order valence-corrected chi connectivity index (χ3v) is 5.98. The number of benzene rings is 3. The zero-order valence-corrected chi connectivity index (χ0v) is 20.8. The van der Waals surface area contributed by atoms with E-state index in [1.165, 1.54) is 60.5 Å². The predicted octanol–water partition coefficient (Wildman–Crippen LogP) is 4.38. The van der Waals surface area contributed by atoms with Gasteiger partial charge in [-0.1, -0.05) is 18.2 Å². The highest BCUT2D eigenvalue weighted by Gasteiger charge is 2.44. The van der Waals surface area contributed by atoms with E-state index in [1.54, 1.807) is 31.2 Å². The van der Waals surface area contributed by atoms with Gasteiger partial charge in [-0.15, -0.1) is 0 Å². The molecule has 38 heavy (non-hydrogen) atoms. The van der Waals surface area contributed by atoms with Crippen LogP contribution in [-0.2, 0) is 20.9 Å². The molecular formula is C28H26FN3O6. The SMILES string of the molecule is CCOC(=O)c1ccc(N2C(=O)C[C@@H](N(Cc3ccc(F)cc3)C(=O)Nc3cccc(OC)c3)C2=O)cc1. The van der Waals surface area contributed by atoms with Gasteiger partial charge in [-0.2, -0.15) is 0 Å². The van der Waals surface area contributed by atoms with Gasteiger partial charge in [0, 0.05) is 18.3 Å². The van der Waals surface area contributed by atoms with E-state index in [1.807, 2.05) is 0 Å². The van der Waals surface area contributed by atoms with Crippen LogP contribution >= 0.6 is 0 Å². The van der Waals surface area contributed by atoms with Crippen LogP contribution in [0, 0.1) is 5.82 Å². The third kappa shape index (κ3) is 5.80. The molecule has 0 bridgehead atoms. The lowest BCUT2D eigenvalue weighted by Crippen LogP contribution is -2.46. The lowest BCUT2D eigenvalue weighted by Gasteiger charge is -2.28. The summed E-state index contributed by atoms with van der Waals surface area (Å²) in [6.45, 7) is 1.86. The summed E-state index contributed by atoms with van der Waals surface area (Å²) in [6.07, 6.45) is -0.245. The first-order chi connectivity index (χ1) is 18.3.